The van der Waals surface area contributed by atoms with E-state index in [0.29, 0.717) is 11.8 Å². The summed E-state index contributed by atoms with van der Waals surface area (Å²) in [5, 5.41) is 0. The van der Waals surface area contributed by atoms with Crippen LogP contribution < -0.4 is 0 Å². The molecule has 12 heavy (non-hydrogen) atoms. The van der Waals surface area contributed by atoms with Crippen molar-refractivity contribution < 1.29 is 4.79 Å². The fourth-order valence-electron chi connectivity index (χ4n) is 1.71. The molecule has 1 heterocycles. The van der Waals surface area contributed by atoms with E-state index in [-0.39, 0.29) is 5.92 Å². The third kappa shape index (κ3) is 2.31. The molecule has 0 aromatic rings. The maximum atomic E-state index is 11.4. The average Bonchev–Trinajstić information content (AvgIpc) is 2.36. The Hall–Kier alpha value is -0.370. The smallest absolute Gasteiger partial charge is 0.136 e. The van der Waals surface area contributed by atoms with Gasteiger partial charge < -0.3 is 4.90 Å². The molecule has 1 aliphatic rings. The molecule has 1 aliphatic heterocycles. The molecule has 0 bridgehead atoms. The van der Waals surface area contributed by atoms with Crippen molar-refractivity contribution in [3.05, 3.63) is 0 Å². The zero-order valence-electron chi connectivity index (χ0n) is 8.34. The lowest BCUT2D eigenvalue weighted by molar-refractivity contribution is -0.122. The van der Waals surface area contributed by atoms with Crippen molar-refractivity contribution in [2.24, 2.45) is 5.92 Å². The van der Waals surface area contributed by atoms with Gasteiger partial charge in [0.25, 0.3) is 0 Å². The molecule has 2 heteroatoms. The molecule has 2 nitrogen and oxygen atoms in total. The summed E-state index contributed by atoms with van der Waals surface area (Å²) < 4.78 is 0. The van der Waals surface area contributed by atoms with E-state index in [4.69, 9.17) is 0 Å². The number of rotatable bonds is 3. The normalized spacial score (nSPS) is 25.2. The van der Waals surface area contributed by atoms with Gasteiger partial charge in [-0.05, 0) is 26.4 Å². The third-order valence-electron chi connectivity index (χ3n) is 2.75. The second-order valence-electron chi connectivity index (χ2n) is 4.10. The van der Waals surface area contributed by atoms with Crippen LogP contribution in [-0.4, -0.2) is 30.3 Å². The Bertz CT molecular complexity index is 165. The van der Waals surface area contributed by atoms with E-state index in [2.05, 4.69) is 11.9 Å². The van der Waals surface area contributed by atoms with Gasteiger partial charge in [0.05, 0.1) is 0 Å². The molecular weight excluding hydrogens is 150 g/mol. The van der Waals surface area contributed by atoms with Gasteiger partial charge in [0.15, 0.2) is 0 Å². The molecule has 0 aromatic heterocycles. The van der Waals surface area contributed by atoms with Gasteiger partial charge in [-0.15, -0.1) is 0 Å². The molecule has 1 saturated heterocycles. The van der Waals surface area contributed by atoms with Crippen molar-refractivity contribution in [1.29, 1.82) is 0 Å². The lowest BCUT2D eigenvalue weighted by atomic mass is 10.0. The van der Waals surface area contributed by atoms with E-state index in [1.54, 1.807) is 0 Å². The van der Waals surface area contributed by atoms with E-state index in [1.807, 2.05) is 13.8 Å². The van der Waals surface area contributed by atoms with Crippen LogP contribution in [-0.2, 0) is 4.79 Å². The van der Waals surface area contributed by atoms with Crippen molar-refractivity contribution in [2.45, 2.75) is 39.2 Å². The minimum Gasteiger partial charge on any atom is -0.303 e. The van der Waals surface area contributed by atoms with Gasteiger partial charge >= 0.3 is 0 Å². The molecule has 1 fully saturated rings. The lowest BCUT2D eigenvalue weighted by Crippen LogP contribution is -2.28. The first-order valence-electron chi connectivity index (χ1n) is 4.84. The molecule has 0 N–H and O–H groups in total. The second-order valence-corrected chi connectivity index (χ2v) is 4.10. The molecule has 1 rings (SSSR count). The van der Waals surface area contributed by atoms with Crippen LogP contribution in [0.15, 0.2) is 0 Å². The summed E-state index contributed by atoms with van der Waals surface area (Å²) in [6, 6.07) is 0.528. The van der Waals surface area contributed by atoms with E-state index in [1.165, 1.54) is 12.8 Å². The molecule has 0 saturated carbocycles. The molecular formula is C10H19NO. The molecule has 0 spiro atoms. The fourth-order valence-corrected chi connectivity index (χ4v) is 1.71. The van der Waals surface area contributed by atoms with Crippen molar-refractivity contribution >= 4 is 5.78 Å². The Morgan fingerprint density at radius 2 is 2.25 bits per heavy atom. The SMILES string of the molecule is CC(C)C(=O)CC1CCCN1C. The number of ketones is 1. The Balaban J connectivity index is 2.35. The first-order valence-corrected chi connectivity index (χ1v) is 4.84. The van der Waals surface area contributed by atoms with Gasteiger partial charge in [0.2, 0.25) is 0 Å². The van der Waals surface area contributed by atoms with Gasteiger partial charge in [-0.1, -0.05) is 13.8 Å². The van der Waals surface area contributed by atoms with Crippen LogP contribution in [0, 0.1) is 5.92 Å². The number of Topliss-reactive ketones (excluding diaryl/α,β-unsaturated/α-hetero) is 1. The van der Waals surface area contributed by atoms with E-state index >= 15 is 0 Å². The van der Waals surface area contributed by atoms with E-state index in [0.717, 1.165) is 13.0 Å². The van der Waals surface area contributed by atoms with Crippen LogP contribution in [0.3, 0.4) is 0 Å². The van der Waals surface area contributed by atoms with Crippen molar-refractivity contribution in [1.82, 2.24) is 4.90 Å². The van der Waals surface area contributed by atoms with Crippen LogP contribution >= 0.6 is 0 Å². The third-order valence-corrected chi connectivity index (χ3v) is 2.75. The fraction of sp³-hybridized carbons (Fsp3) is 0.900. The molecule has 0 radical (unpaired) electrons. The Kier molecular flexibility index (Phi) is 3.27. The number of likely N-dealkylation sites (tertiary alicyclic amines) is 1. The van der Waals surface area contributed by atoms with Crippen LogP contribution in [0.5, 0.6) is 0 Å². The molecule has 1 unspecified atom stereocenters. The highest BCUT2D eigenvalue weighted by Crippen LogP contribution is 2.19. The summed E-state index contributed by atoms with van der Waals surface area (Å²) in [4.78, 5) is 13.7. The molecule has 1 atom stereocenters. The number of nitrogens with zero attached hydrogens (tertiary/aromatic N) is 1. The van der Waals surface area contributed by atoms with Gasteiger partial charge in [-0.2, -0.15) is 0 Å². The summed E-state index contributed by atoms with van der Waals surface area (Å²) in [7, 11) is 2.12. The van der Waals surface area contributed by atoms with Crippen molar-refractivity contribution in [3.8, 4) is 0 Å². The predicted octanol–water partition coefficient (Wildman–Crippen LogP) is 1.70. The summed E-state index contributed by atoms with van der Waals surface area (Å²) in [5.41, 5.74) is 0. The second kappa shape index (κ2) is 4.04. The summed E-state index contributed by atoms with van der Waals surface area (Å²) in [6.07, 6.45) is 3.22. The summed E-state index contributed by atoms with van der Waals surface area (Å²) >= 11 is 0. The average molecular weight is 169 g/mol. The monoisotopic (exact) mass is 169 g/mol. The molecule has 0 aliphatic carbocycles. The highest BCUT2D eigenvalue weighted by molar-refractivity contribution is 5.80. The first kappa shape index (κ1) is 9.72. The number of carbonyl (C=O) groups is 1. The molecule has 70 valence electrons. The van der Waals surface area contributed by atoms with Crippen LogP contribution in [0.25, 0.3) is 0 Å². The Morgan fingerprint density at radius 3 is 2.67 bits per heavy atom. The maximum Gasteiger partial charge on any atom is 0.136 e. The summed E-state index contributed by atoms with van der Waals surface area (Å²) in [5.74, 6) is 0.618. The molecule has 0 amide bonds. The van der Waals surface area contributed by atoms with Crippen LogP contribution in [0.4, 0.5) is 0 Å². The number of hydrogen-bond acceptors (Lipinski definition) is 2. The van der Waals surface area contributed by atoms with Crippen LogP contribution in [0.1, 0.15) is 33.1 Å². The number of hydrogen-bond donors (Lipinski definition) is 0. The minimum atomic E-state index is 0.207. The van der Waals surface area contributed by atoms with E-state index in [9.17, 15) is 4.79 Å². The van der Waals surface area contributed by atoms with Crippen molar-refractivity contribution in [3.63, 3.8) is 0 Å². The van der Waals surface area contributed by atoms with Gasteiger partial charge in [-0.25, -0.2) is 0 Å². The van der Waals surface area contributed by atoms with Crippen LogP contribution in [0.2, 0.25) is 0 Å². The van der Waals surface area contributed by atoms with Crippen molar-refractivity contribution in [2.75, 3.05) is 13.6 Å². The predicted molar refractivity (Wildman–Crippen MR) is 50.1 cm³/mol. The lowest BCUT2D eigenvalue weighted by Gasteiger charge is -2.19. The number of carbonyl (C=O) groups excluding carboxylic acids is 1. The minimum absolute atomic E-state index is 0.207. The van der Waals surface area contributed by atoms with E-state index < -0.39 is 0 Å². The Morgan fingerprint density at radius 1 is 1.58 bits per heavy atom. The van der Waals surface area contributed by atoms with Gasteiger partial charge in [-0.3, -0.25) is 4.79 Å². The quantitative estimate of drug-likeness (QED) is 0.641. The Labute approximate surface area is 74.9 Å². The van der Waals surface area contributed by atoms with Gasteiger partial charge in [0, 0.05) is 18.4 Å². The zero-order chi connectivity index (χ0) is 9.14. The maximum absolute atomic E-state index is 11.4. The topological polar surface area (TPSA) is 20.3 Å². The zero-order valence-corrected chi connectivity index (χ0v) is 8.34. The largest absolute Gasteiger partial charge is 0.303 e. The standard InChI is InChI=1S/C10H19NO/c1-8(2)10(12)7-9-5-4-6-11(9)3/h8-9H,4-7H2,1-3H3. The molecule has 0 aromatic carbocycles. The highest BCUT2D eigenvalue weighted by atomic mass is 16.1. The first-order chi connectivity index (χ1) is 5.61. The summed E-state index contributed by atoms with van der Waals surface area (Å²) in [6.45, 7) is 5.13. The van der Waals surface area contributed by atoms with Gasteiger partial charge in [0.1, 0.15) is 5.78 Å². The highest BCUT2D eigenvalue weighted by Gasteiger charge is 2.23.